The molecule has 174 valence electrons. The molecule has 0 aliphatic carbocycles. The van der Waals surface area contributed by atoms with Crippen molar-refractivity contribution >= 4 is 38.9 Å². The molecule has 1 N–H and O–H groups in total. The van der Waals surface area contributed by atoms with Crippen LogP contribution in [-0.4, -0.2) is 13.0 Å². The highest BCUT2D eigenvalue weighted by Gasteiger charge is 2.16. The predicted octanol–water partition coefficient (Wildman–Crippen LogP) is 7.92. The summed E-state index contributed by atoms with van der Waals surface area (Å²) in [7, 11) is 1.63. The van der Waals surface area contributed by atoms with E-state index in [2.05, 4.69) is 41.7 Å². The minimum Gasteiger partial charge on any atom is -0.496 e. The summed E-state index contributed by atoms with van der Waals surface area (Å²) in [5.41, 5.74) is 7.49. The Morgan fingerprint density at radius 1 is 0.886 bits per heavy atom. The first-order valence-corrected chi connectivity index (χ1v) is 11.6. The van der Waals surface area contributed by atoms with Gasteiger partial charge in [0.05, 0.1) is 13.4 Å². The van der Waals surface area contributed by atoms with Crippen LogP contribution < -0.4 is 10.1 Å². The third-order valence-electron chi connectivity index (χ3n) is 6.24. The minimum atomic E-state index is -0.184. The molecule has 0 fully saturated rings. The largest absolute Gasteiger partial charge is 0.496 e. The first kappa shape index (κ1) is 22.5. The van der Waals surface area contributed by atoms with Crippen molar-refractivity contribution in [2.24, 2.45) is 0 Å². The highest BCUT2D eigenvalue weighted by atomic mass is 16.5. The number of benzene rings is 4. The normalized spacial score (nSPS) is 11.7. The van der Waals surface area contributed by atoms with Crippen LogP contribution >= 0.6 is 0 Å². The van der Waals surface area contributed by atoms with E-state index in [1.165, 1.54) is 5.39 Å². The van der Waals surface area contributed by atoms with Crippen LogP contribution in [0.3, 0.4) is 0 Å². The van der Waals surface area contributed by atoms with Gasteiger partial charge >= 0.3 is 0 Å². The first-order valence-electron chi connectivity index (χ1n) is 11.6. The van der Waals surface area contributed by atoms with Crippen molar-refractivity contribution < 1.29 is 13.9 Å². The van der Waals surface area contributed by atoms with E-state index >= 15 is 0 Å². The molecule has 4 aromatic carbocycles. The van der Waals surface area contributed by atoms with E-state index in [1.807, 2.05) is 57.2 Å². The van der Waals surface area contributed by atoms with Crippen LogP contribution in [0.4, 0.5) is 5.69 Å². The van der Waals surface area contributed by atoms with Crippen molar-refractivity contribution in [3.8, 4) is 16.9 Å². The first-order chi connectivity index (χ1) is 16.9. The van der Waals surface area contributed by atoms with Crippen LogP contribution in [0.2, 0.25) is 0 Å². The molecular formula is C31H27NO3. The lowest BCUT2D eigenvalue weighted by Gasteiger charge is -2.11. The number of methoxy groups -OCH3 is 1. The quantitative estimate of drug-likeness (QED) is 0.270. The molecule has 1 aromatic heterocycles. The zero-order valence-electron chi connectivity index (χ0n) is 20.3. The molecule has 0 saturated carbocycles. The maximum absolute atomic E-state index is 12.8. The van der Waals surface area contributed by atoms with Crippen LogP contribution in [0.5, 0.6) is 5.75 Å². The lowest BCUT2D eigenvalue weighted by molar-refractivity contribution is -0.111. The van der Waals surface area contributed by atoms with Crippen molar-refractivity contribution in [2.75, 3.05) is 12.4 Å². The second kappa shape index (κ2) is 9.15. The van der Waals surface area contributed by atoms with E-state index in [1.54, 1.807) is 19.4 Å². The van der Waals surface area contributed by atoms with Gasteiger partial charge in [-0.2, -0.15) is 0 Å². The number of nitrogens with one attached hydrogen (secondary N) is 1. The molecule has 0 aliphatic rings. The van der Waals surface area contributed by atoms with E-state index in [0.717, 1.165) is 55.4 Å². The van der Waals surface area contributed by atoms with Gasteiger partial charge in [-0.05, 0) is 72.0 Å². The average Bonchev–Trinajstić information content (AvgIpc) is 3.24. The van der Waals surface area contributed by atoms with Gasteiger partial charge in [0, 0.05) is 34.3 Å². The van der Waals surface area contributed by atoms with E-state index in [9.17, 15) is 4.79 Å². The Kier molecular flexibility index (Phi) is 5.87. The number of anilines is 1. The van der Waals surface area contributed by atoms with Crippen LogP contribution in [0, 0.1) is 13.8 Å². The molecule has 0 spiro atoms. The zero-order chi connectivity index (χ0) is 24.5. The second-order valence-electron chi connectivity index (χ2n) is 8.92. The van der Waals surface area contributed by atoms with Gasteiger partial charge < -0.3 is 14.5 Å². The summed E-state index contributed by atoms with van der Waals surface area (Å²) in [4.78, 5) is 12.8. The van der Waals surface area contributed by atoms with Crippen molar-refractivity contribution in [2.45, 2.75) is 20.8 Å². The van der Waals surface area contributed by atoms with Crippen molar-refractivity contribution in [3.63, 3.8) is 0 Å². The van der Waals surface area contributed by atoms with Gasteiger partial charge in [0.25, 0.3) is 0 Å². The third kappa shape index (κ3) is 4.43. The number of hydrogen-bond acceptors (Lipinski definition) is 3. The fourth-order valence-electron chi connectivity index (χ4n) is 4.70. The van der Waals surface area contributed by atoms with Gasteiger partial charge in [0.1, 0.15) is 11.3 Å². The number of carbonyl (C=O) groups excluding carboxylic acids is 1. The molecule has 0 aliphatic heterocycles. The highest BCUT2D eigenvalue weighted by Crippen LogP contribution is 2.39. The molecule has 0 saturated heterocycles. The summed E-state index contributed by atoms with van der Waals surface area (Å²) in [5.74, 6) is 0.473. The van der Waals surface area contributed by atoms with Crippen molar-refractivity contribution in [1.82, 2.24) is 0 Å². The molecule has 0 radical (unpaired) electrons. The van der Waals surface area contributed by atoms with Crippen LogP contribution in [0.15, 0.2) is 89.6 Å². The summed E-state index contributed by atoms with van der Waals surface area (Å²) in [6, 6.07) is 24.5. The van der Waals surface area contributed by atoms with Crippen LogP contribution in [0.25, 0.3) is 38.4 Å². The fraction of sp³-hybridized carbons (Fsp3) is 0.129. The number of amides is 1. The zero-order valence-corrected chi connectivity index (χ0v) is 20.3. The monoisotopic (exact) mass is 461 g/mol. The molecule has 5 rings (SSSR count). The Morgan fingerprint density at radius 3 is 2.40 bits per heavy atom. The summed E-state index contributed by atoms with van der Waals surface area (Å²) < 4.78 is 11.6. The summed E-state index contributed by atoms with van der Waals surface area (Å²) >= 11 is 0. The Balaban J connectivity index is 1.56. The van der Waals surface area contributed by atoms with Crippen molar-refractivity contribution in [1.29, 1.82) is 0 Å². The number of allylic oxidation sites excluding steroid dienone is 1. The van der Waals surface area contributed by atoms with Gasteiger partial charge in [-0.15, -0.1) is 0 Å². The molecule has 4 heteroatoms. The SMILES string of the molecule is COc1cc2occ(-c3cccc4ccccc34)c2cc1/C(C)=C/C(=O)Nc1cc(C)cc(C)c1. The summed E-state index contributed by atoms with van der Waals surface area (Å²) in [6.45, 7) is 5.95. The number of carbonyl (C=O) groups is 1. The van der Waals surface area contributed by atoms with Gasteiger partial charge in [0.2, 0.25) is 5.91 Å². The lowest BCUT2D eigenvalue weighted by Crippen LogP contribution is -2.09. The molecule has 0 bridgehead atoms. The molecule has 5 aromatic rings. The number of ether oxygens (including phenoxy) is 1. The second-order valence-corrected chi connectivity index (χ2v) is 8.92. The lowest BCUT2D eigenvalue weighted by atomic mass is 9.96. The van der Waals surface area contributed by atoms with E-state index in [-0.39, 0.29) is 5.91 Å². The number of aryl methyl sites for hydroxylation is 2. The number of hydrogen-bond donors (Lipinski definition) is 1. The van der Waals surface area contributed by atoms with Gasteiger partial charge in [-0.25, -0.2) is 0 Å². The predicted molar refractivity (Wildman–Crippen MR) is 144 cm³/mol. The number of furan rings is 1. The standard InChI is InChI=1S/C31H27NO3/c1-19-12-20(2)14-23(13-19)32-31(33)15-21(3)26-16-27-28(18-35-30(27)17-29(26)34-4)25-11-7-9-22-8-5-6-10-24(22)25/h5-18H,1-4H3,(H,32,33)/b21-15+. The molecule has 0 atom stereocenters. The highest BCUT2D eigenvalue weighted by molar-refractivity contribution is 6.07. The average molecular weight is 462 g/mol. The van der Waals surface area contributed by atoms with Gasteiger partial charge in [-0.1, -0.05) is 48.5 Å². The molecule has 1 heterocycles. The smallest absolute Gasteiger partial charge is 0.248 e. The maximum atomic E-state index is 12.8. The number of fused-ring (bicyclic) bond motifs is 2. The van der Waals surface area contributed by atoms with Crippen LogP contribution in [0.1, 0.15) is 23.6 Å². The third-order valence-corrected chi connectivity index (χ3v) is 6.24. The summed E-state index contributed by atoms with van der Waals surface area (Å²) in [6.07, 6.45) is 3.40. The minimum absolute atomic E-state index is 0.184. The van der Waals surface area contributed by atoms with E-state index in [4.69, 9.17) is 9.15 Å². The molecule has 1 amide bonds. The van der Waals surface area contributed by atoms with Crippen LogP contribution in [-0.2, 0) is 4.79 Å². The maximum Gasteiger partial charge on any atom is 0.248 e. The number of rotatable bonds is 5. The Bertz CT molecular complexity index is 1580. The summed E-state index contributed by atoms with van der Waals surface area (Å²) in [5, 5.41) is 6.28. The van der Waals surface area contributed by atoms with E-state index < -0.39 is 0 Å². The molecule has 0 unspecified atom stereocenters. The molecule has 35 heavy (non-hydrogen) atoms. The Hall–Kier alpha value is -4.31. The molecular weight excluding hydrogens is 434 g/mol. The Morgan fingerprint density at radius 2 is 1.63 bits per heavy atom. The topological polar surface area (TPSA) is 51.5 Å². The van der Waals surface area contributed by atoms with Gasteiger partial charge in [0.15, 0.2) is 0 Å². The van der Waals surface area contributed by atoms with Gasteiger partial charge in [-0.3, -0.25) is 4.79 Å². The van der Waals surface area contributed by atoms with Crippen molar-refractivity contribution in [3.05, 3.63) is 102 Å². The molecule has 4 nitrogen and oxygen atoms in total. The van der Waals surface area contributed by atoms with E-state index in [0.29, 0.717) is 5.75 Å². The fourth-order valence-corrected chi connectivity index (χ4v) is 4.70. The Labute approximate surface area is 204 Å².